The van der Waals surface area contributed by atoms with Gasteiger partial charge in [-0.2, -0.15) is 0 Å². The minimum absolute atomic E-state index is 0.161. The summed E-state index contributed by atoms with van der Waals surface area (Å²) in [5, 5.41) is 0. The van der Waals surface area contributed by atoms with Gasteiger partial charge < -0.3 is 9.46 Å². The van der Waals surface area contributed by atoms with Crippen LogP contribution < -0.4 is 4.72 Å². The molecule has 0 heterocycles. The van der Waals surface area contributed by atoms with E-state index in [4.69, 9.17) is 4.74 Å². The summed E-state index contributed by atoms with van der Waals surface area (Å²) in [7, 11) is 1.47. The van der Waals surface area contributed by atoms with Crippen molar-refractivity contribution in [2.45, 2.75) is 95.8 Å². The number of hydrogen-bond acceptors (Lipinski definition) is 4. The van der Waals surface area contributed by atoms with Crippen molar-refractivity contribution in [3.05, 3.63) is 59.2 Å². The molecular weight excluding hydrogens is 414 g/mol. The van der Waals surface area contributed by atoms with Crippen molar-refractivity contribution in [1.82, 2.24) is 0 Å². The number of carbonyl (C=O) groups is 1. The van der Waals surface area contributed by atoms with Gasteiger partial charge in [0.15, 0.2) is 0 Å². The molecule has 1 N–H and O–H groups in total. The fourth-order valence-corrected chi connectivity index (χ4v) is 5.28. The first kappa shape index (κ1) is 26.3. The summed E-state index contributed by atoms with van der Waals surface area (Å²) in [5.74, 6) is -0.161. The van der Waals surface area contributed by atoms with E-state index in [-0.39, 0.29) is 11.4 Å². The van der Waals surface area contributed by atoms with Crippen LogP contribution in [-0.2, 0) is 26.8 Å². The molecule has 0 spiro atoms. The number of carbonyl (C=O) groups excluding carboxylic acids is 1. The van der Waals surface area contributed by atoms with Gasteiger partial charge in [-0.25, -0.2) is 0 Å². The Morgan fingerprint density at radius 3 is 2.19 bits per heavy atom. The molecule has 0 saturated heterocycles. The molecule has 4 heteroatoms. The number of benzene rings is 2. The molecule has 0 amide bonds. The Balaban J connectivity index is 2.14. The van der Waals surface area contributed by atoms with Gasteiger partial charge in [0, 0.05) is 10.6 Å². The molecule has 0 saturated carbocycles. The van der Waals surface area contributed by atoms with E-state index in [2.05, 4.69) is 50.6 Å². The van der Waals surface area contributed by atoms with Gasteiger partial charge in [-0.15, -0.1) is 0 Å². The lowest BCUT2D eigenvalue weighted by atomic mass is 9.76. The van der Waals surface area contributed by atoms with Crippen molar-refractivity contribution in [3.8, 4) is 0 Å². The molecule has 0 fully saturated rings. The molecule has 0 unspecified atom stereocenters. The van der Waals surface area contributed by atoms with Gasteiger partial charge >= 0.3 is 5.97 Å². The largest absolute Gasteiger partial charge is 0.468 e. The molecule has 176 valence electrons. The second kappa shape index (κ2) is 11.8. The highest BCUT2D eigenvalue weighted by atomic mass is 32.2. The van der Waals surface area contributed by atoms with Crippen molar-refractivity contribution in [3.63, 3.8) is 0 Å². The zero-order valence-electron chi connectivity index (χ0n) is 21.0. The first-order valence-corrected chi connectivity index (χ1v) is 12.8. The smallest absolute Gasteiger partial charge is 0.316 e. The Morgan fingerprint density at radius 2 is 1.66 bits per heavy atom. The van der Waals surface area contributed by atoms with E-state index in [9.17, 15) is 4.79 Å². The molecule has 0 aliphatic heterocycles. The maximum atomic E-state index is 12.5. The normalized spacial score (nSPS) is 12.0. The van der Waals surface area contributed by atoms with Crippen LogP contribution in [0.2, 0.25) is 0 Å². The van der Waals surface area contributed by atoms with Crippen molar-refractivity contribution in [2.24, 2.45) is 0 Å². The fraction of sp³-hybridized carbons (Fsp3) is 0.536. The summed E-state index contributed by atoms with van der Waals surface area (Å²) >= 11 is 1.63. The van der Waals surface area contributed by atoms with Gasteiger partial charge in [0.05, 0.1) is 12.5 Å². The fourth-order valence-electron chi connectivity index (χ4n) is 4.58. The van der Waals surface area contributed by atoms with Crippen molar-refractivity contribution < 1.29 is 9.53 Å². The number of rotatable bonds is 12. The molecule has 0 atom stereocenters. The third-order valence-corrected chi connectivity index (χ3v) is 7.68. The van der Waals surface area contributed by atoms with Gasteiger partial charge in [0.25, 0.3) is 0 Å². The molecule has 2 aromatic rings. The Kier molecular flexibility index (Phi) is 9.69. The second-order valence-corrected chi connectivity index (χ2v) is 10.1. The molecule has 32 heavy (non-hydrogen) atoms. The predicted octanol–water partition coefficient (Wildman–Crippen LogP) is 8.07. The average molecular weight is 456 g/mol. The van der Waals surface area contributed by atoms with Crippen LogP contribution in [0.1, 0.15) is 90.3 Å². The topological polar surface area (TPSA) is 38.3 Å². The second-order valence-electron chi connectivity index (χ2n) is 9.22. The highest BCUT2D eigenvalue weighted by Crippen LogP contribution is 2.36. The Bertz CT molecular complexity index is 870. The molecular formula is C28H41NO2S. The first-order valence-electron chi connectivity index (χ1n) is 12.0. The monoisotopic (exact) mass is 455 g/mol. The molecule has 2 aromatic carbocycles. The Morgan fingerprint density at radius 1 is 1.00 bits per heavy atom. The number of aryl methyl sites for hydroxylation is 1. The van der Waals surface area contributed by atoms with E-state index in [1.807, 2.05) is 38.1 Å². The van der Waals surface area contributed by atoms with E-state index in [0.29, 0.717) is 0 Å². The van der Waals surface area contributed by atoms with Crippen LogP contribution in [0.3, 0.4) is 0 Å². The minimum Gasteiger partial charge on any atom is -0.468 e. The lowest BCUT2D eigenvalue weighted by Crippen LogP contribution is -2.35. The average Bonchev–Trinajstić information content (AvgIpc) is 2.82. The quantitative estimate of drug-likeness (QED) is 0.259. The highest BCUT2D eigenvalue weighted by molar-refractivity contribution is 8.00. The van der Waals surface area contributed by atoms with Gasteiger partial charge in [0.2, 0.25) is 0 Å². The number of nitrogens with one attached hydrogen (secondary N) is 1. The zero-order valence-corrected chi connectivity index (χ0v) is 21.8. The molecule has 2 rings (SSSR count). The van der Waals surface area contributed by atoms with E-state index in [1.54, 1.807) is 11.9 Å². The number of anilines is 1. The molecule has 0 aromatic heterocycles. The summed E-state index contributed by atoms with van der Waals surface area (Å²) in [6, 6.07) is 15.1. The summed E-state index contributed by atoms with van der Waals surface area (Å²) in [6.07, 6.45) is 6.20. The minimum atomic E-state index is -0.573. The third kappa shape index (κ3) is 5.89. The summed E-state index contributed by atoms with van der Waals surface area (Å²) in [6.45, 7) is 13.3. The zero-order chi connectivity index (χ0) is 23.8. The summed E-state index contributed by atoms with van der Waals surface area (Å²) in [4.78, 5) is 13.7. The highest BCUT2D eigenvalue weighted by Gasteiger charge is 2.37. The maximum Gasteiger partial charge on any atom is 0.316 e. The van der Waals surface area contributed by atoms with E-state index in [1.165, 1.54) is 42.4 Å². The van der Waals surface area contributed by atoms with E-state index >= 15 is 0 Å². The molecule has 0 radical (unpaired) electrons. The molecule has 3 nitrogen and oxygen atoms in total. The molecule has 0 aliphatic rings. The van der Waals surface area contributed by atoms with Crippen LogP contribution >= 0.6 is 11.9 Å². The first-order chi connectivity index (χ1) is 15.3. The third-order valence-electron chi connectivity index (χ3n) is 6.85. The molecule has 0 aliphatic carbocycles. The van der Waals surface area contributed by atoms with Crippen LogP contribution in [-0.4, -0.2) is 13.1 Å². The number of unbranched alkanes of at least 4 members (excludes halogenated alkanes) is 1. The van der Waals surface area contributed by atoms with Gasteiger partial charge in [0.1, 0.15) is 0 Å². The summed E-state index contributed by atoms with van der Waals surface area (Å²) < 4.78 is 8.57. The van der Waals surface area contributed by atoms with E-state index in [0.717, 1.165) is 30.5 Å². The number of esters is 1. The lowest BCUT2D eigenvalue weighted by Gasteiger charge is -2.29. The van der Waals surface area contributed by atoms with Crippen LogP contribution in [0.15, 0.2) is 47.4 Å². The predicted molar refractivity (Wildman–Crippen MR) is 139 cm³/mol. The van der Waals surface area contributed by atoms with Crippen LogP contribution in [0.4, 0.5) is 5.69 Å². The van der Waals surface area contributed by atoms with Crippen LogP contribution in [0.5, 0.6) is 0 Å². The lowest BCUT2D eigenvalue weighted by molar-refractivity contribution is -0.148. The number of hydrogen-bond donors (Lipinski definition) is 1. The number of methoxy groups -OCH3 is 1. The number of ether oxygens (including phenoxy) is 1. The van der Waals surface area contributed by atoms with Crippen molar-refractivity contribution >= 4 is 23.6 Å². The van der Waals surface area contributed by atoms with E-state index < -0.39 is 5.41 Å². The van der Waals surface area contributed by atoms with Crippen molar-refractivity contribution in [1.29, 1.82) is 0 Å². The van der Waals surface area contributed by atoms with Gasteiger partial charge in [-0.05, 0) is 84.0 Å². The Hall–Kier alpha value is -1.94. The summed E-state index contributed by atoms with van der Waals surface area (Å²) in [5.41, 5.74) is 4.57. The Labute approximate surface area is 199 Å². The van der Waals surface area contributed by atoms with Gasteiger partial charge in [-0.3, -0.25) is 4.79 Å². The van der Waals surface area contributed by atoms with Gasteiger partial charge in [-0.1, -0.05) is 72.6 Å². The standard InChI is InChI=1S/C28H41NO2S/c1-8-12-19-27(5,6)25-18-17-24(20-21(25)9-2)32-29-23-15-13-22(14-16-23)28(10-3,11-4)26(30)31-7/h13-18,20,29H,8-12,19H2,1-7H3. The maximum absolute atomic E-state index is 12.5. The van der Waals surface area contributed by atoms with Crippen LogP contribution in [0, 0.1) is 0 Å². The SMILES string of the molecule is CCCCC(C)(C)c1ccc(SNc2ccc(C(CC)(CC)C(=O)OC)cc2)cc1CC. The van der Waals surface area contributed by atoms with Crippen molar-refractivity contribution in [2.75, 3.05) is 11.8 Å². The van der Waals surface area contributed by atoms with Crippen LogP contribution in [0.25, 0.3) is 0 Å². The molecule has 0 bridgehead atoms.